The van der Waals surface area contributed by atoms with Crippen LogP contribution in [-0.4, -0.2) is 34.4 Å². The van der Waals surface area contributed by atoms with Gasteiger partial charge in [-0.05, 0) is 111 Å². The summed E-state index contributed by atoms with van der Waals surface area (Å²) in [6.45, 7) is 12.4. The van der Waals surface area contributed by atoms with Gasteiger partial charge < -0.3 is 14.9 Å². The Hall–Kier alpha value is -1.36. The lowest BCUT2D eigenvalue weighted by molar-refractivity contribution is -0.180. The molecule has 0 heterocycles. The summed E-state index contributed by atoms with van der Waals surface area (Å²) < 4.78 is 5.74. The molecule has 5 nitrogen and oxygen atoms in total. The highest BCUT2D eigenvalue weighted by molar-refractivity contribution is 5.87. The van der Waals surface area contributed by atoms with Gasteiger partial charge >= 0.3 is 11.9 Å². The average Bonchev–Trinajstić information content (AvgIpc) is 3.11. The van der Waals surface area contributed by atoms with E-state index >= 15 is 0 Å². The van der Waals surface area contributed by atoms with Crippen molar-refractivity contribution in [2.45, 2.75) is 104 Å². The SMILES string of the molecule is C=C(C)C(=O)O[C@H]1CC[C@@]2(C)[C@H](CC[C@@H]3[C@@H]2C[C@H](O)[C@]2(C)[C@@H]([C@H](C)CCC(=O)O)CC[C@@H]32)C1. The normalized spacial score (nSPS) is 45.3. The van der Waals surface area contributed by atoms with Crippen molar-refractivity contribution in [3.05, 3.63) is 12.2 Å². The molecule has 4 fully saturated rings. The third-order valence-corrected chi connectivity index (χ3v) is 10.9. The van der Waals surface area contributed by atoms with Crippen LogP contribution in [0.1, 0.15) is 91.9 Å². The Morgan fingerprint density at radius 2 is 1.82 bits per heavy atom. The van der Waals surface area contributed by atoms with Crippen LogP contribution in [0.4, 0.5) is 0 Å². The summed E-state index contributed by atoms with van der Waals surface area (Å²) in [6.07, 6.45) is 9.02. The van der Waals surface area contributed by atoms with Crippen molar-refractivity contribution in [3.63, 3.8) is 0 Å². The van der Waals surface area contributed by atoms with Crippen molar-refractivity contribution in [1.29, 1.82) is 0 Å². The number of aliphatic hydroxyl groups excluding tert-OH is 1. The maximum Gasteiger partial charge on any atom is 0.333 e. The number of carboxylic acids is 1. The zero-order valence-corrected chi connectivity index (χ0v) is 21.0. The number of ether oxygens (including phenoxy) is 1. The predicted octanol–water partition coefficient (Wildman–Crippen LogP) is 5.60. The van der Waals surface area contributed by atoms with Gasteiger partial charge in [-0.2, -0.15) is 0 Å². The molecule has 33 heavy (non-hydrogen) atoms. The van der Waals surface area contributed by atoms with E-state index in [0.717, 1.165) is 38.5 Å². The molecule has 0 spiro atoms. The van der Waals surface area contributed by atoms with E-state index in [1.165, 1.54) is 12.8 Å². The molecular weight excluding hydrogens is 416 g/mol. The molecule has 4 aliphatic rings. The Kier molecular flexibility index (Phi) is 6.76. The summed E-state index contributed by atoms with van der Waals surface area (Å²) >= 11 is 0. The molecule has 0 amide bonds. The van der Waals surface area contributed by atoms with Crippen LogP contribution in [0.15, 0.2) is 12.2 Å². The van der Waals surface area contributed by atoms with E-state index in [2.05, 4.69) is 27.4 Å². The van der Waals surface area contributed by atoms with E-state index < -0.39 is 5.97 Å². The molecule has 2 N–H and O–H groups in total. The number of carbonyl (C=O) groups is 2. The Balaban J connectivity index is 1.49. The average molecular weight is 461 g/mol. The smallest absolute Gasteiger partial charge is 0.333 e. The molecule has 0 bridgehead atoms. The van der Waals surface area contributed by atoms with Gasteiger partial charge in [-0.3, -0.25) is 4.79 Å². The number of rotatable bonds is 6. The molecule has 5 heteroatoms. The molecular formula is C28H44O5. The minimum absolute atomic E-state index is 0.00597. The largest absolute Gasteiger partial charge is 0.481 e. The van der Waals surface area contributed by atoms with Gasteiger partial charge in [-0.25, -0.2) is 4.79 Å². The maximum absolute atomic E-state index is 12.1. The van der Waals surface area contributed by atoms with Crippen LogP contribution in [0.3, 0.4) is 0 Å². The molecule has 0 aliphatic heterocycles. The molecule has 0 radical (unpaired) electrons. The van der Waals surface area contributed by atoms with Crippen molar-refractivity contribution in [1.82, 2.24) is 0 Å². The highest BCUT2D eigenvalue weighted by Gasteiger charge is 2.63. The van der Waals surface area contributed by atoms with Gasteiger partial charge in [0.15, 0.2) is 0 Å². The second-order valence-electron chi connectivity index (χ2n) is 12.5. The van der Waals surface area contributed by atoms with Crippen LogP contribution in [0.25, 0.3) is 0 Å². The number of carbonyl (C=O) groups excluding carboxylic acids is 1. The van der Waals surface area contributed by atoms with Crippen molar-refractivity contribution in [2.75, 3.05) is 0 Å². The first-order valence-electron chi connectivity index (χ1n) is 13.2. The fourth-order valence-electron chi connectivity index (χ4n) is 9.05. The number of hydrogen-bond donors (Lipinski definition) is 2. The van der Waals surface area contributed by atoms with E-state index in [9.17, 15) is 14.7 Å². The summed E-state index contributed by atoms with van der Waals surface area (Å²) in [5.74, 6) is 1.98. The van der Waals surface area contributed by atoms with E-state index in [1.54, 1.807) is 6.92 Å². The first-order chi connectivity index (χ1) is 15.5. The fraction of sp³-hybridized carbons (Fsp3) is 0.857. The monoisotopic (exact) mass is 460 g/mol. The molecule has 0 aromatic heterocycles. The van der Waals surface area contributed by atoms with Crippen molar-refractivity contribution in [3.8, 4) is 0 Å². The number of aliphatic carboxylic acids is 1. The van der Waals surface area contributed by atoms with Gasteiger partial charge in [-0.1, -0.05) is 27.4 Å². The molecule has 186 valence electrons. The van der Waals surface area contributed by atoms with Crippen molar-refractivity contribution < 1.29 is 24.5 Å². The third-order valence-electron chi connectivity index (χ3n) is 10.9. The van der Waals surface area contributed by atoms with E-state index in [0.29, 0.717) is 47.5 Å². The van der Waals surface area contributed by atoms with E-state index in [1.807, 2.05) is 0 Å². The summed E-state index contributed by atoms with van der Waals surface area (Å²) in [4.78, 5) is 23.2. The molecule has 0 unspecified atom stereocenters. The second-order valence-corrected chi connectivity index (χ2v) is 12.5. The summed E-state index contributed by atoms with van der Waals surface area (Å²) in [6, 6.07) is 0. The first kappa shape index (κ1) is 24.8. The molecule has 0 aromatic rings. The number of fused-ring (bicyclic) bond motifs is 5. The van der Waals surface area contributed by atoms with Crippen LogP contribution in [0, 0.1) is 46.3 Å². The van der Waals surface area contributed by atoms with Gasteiger partial charge in [0.05, 0.1) is 6.10 Å². The highest BCUT2D eigenvalue weighted by atomic mass is 16.5. The summed E-state index contributed by atoms with van der Waals surface area (Å²) in [7, 11) is 0. The zero-order chi connectivity index (χ0) is 24.1. The van der Waals surface area contributed by atoms with E-state index in [-0.39, 0.29) is 35.4 Å². The quantitative estimate of drug-likeness (QED) is 0.398. The highest BCUT2D eigenvalue weighted by Crippen LogP contribution is 2.68. The lowest BCUT2D eigenvalue weighted by atomic mass is 9.43. The fourth-order valence-corrected chi connectivity index (χ4v) is 9.05. The Morgan fingerprint density at radius 3 is 2.48 bits per heavy atom. The minimum Gasteiger partial charge on any atom is -0.481 e. The van der Waals surface area contributed by atoms with Gasteiger partial charge in [0.25, 0.3) is 0 Å². The number of carboxylic acid groups (broad SMARTS) is 1. The molecule has 4 rings (SSSR count). The lowest BCUT2D eigenvalue weighted by Crippen LogP contribution is -2.59. The minimum atomic E-state index is -0.721. The van der Waals surface area contributed by atoms with Crippen LogP contribution >= 0.6 is 0 Å². The summed E-state index contributed by atoms with van der Waals surface area (Å²) in [5.41, 5.74) is 0.566. The second kappa shape index (κ2) is 9.02. The van der Waals surface area contributed by atoms with Crippen molar-refractivity contribution in [2.24, 2.45) is 46.3 Å². The van der Waals surface area contributed by atoms with Crippen molar-refractivity contribution >= 4 is 11.9 Å². The zero-order valence-electron chi connectivity index (χ0n) is 21.0. The van der Waals surface area contributed by atoms with Crippen LogP contribution in [0.5, 0.6) is 0 Å². The Bertz CT molecular complexity index is 791. The van der Waals surface area contributed by atoms with Gasteiger partial charge in [0.1, 0.15) is 6.10 Å². The van der Waals surface area contributed by atoms with Gasteiger partial charge in [0, 0.05) is 12.0 Å². The third kappa shape index (κ3) is 4.17. The molecule has 0 saturated heterocycles. The Morgan fingerprint density at radius 1 is 1.09 bits per heavy atom. The number of hydrogen-bond acceptors (Lipinski definition) is 4. The summed E-state index contributed by atoms with van der Waals surface area (Å²) in [5, 5.41) is 20.8. The van der Waals surface area contributed by atoms with Gasteiger partial charge in [0.2, 0.25) is 0 Å². The van der Waals surface area contributed by atoms with Crippen LogP contribution in [0.2, 0.25) is 0 Å². The molecule has 4 saturated carbocycles. The lowest BCUT2D eigenvalue weighted by Gasteiger charge is -2.62. The van der Waals surface area contributed by atoms with Gasteiger partial charge in [-0.15, -0.1) is 0 Å². The standard InChI is InChI=1S/C28H44O5/c1-16(2)26(32)33-19-12-13-27(4)18(14-19)7-8-20-22-10-9-21(17(3)6-11-25(30)31)28(22,5)24(29)15-23(20)27/h17-24,29H,1,6-15H2,2-5H3,(H,30,31)/t17-,18-,19+,20+,21-,22+,23+,24+,27+,28-/m1/s1. The molecule has 4 aliphatic carbocycles. The van der Waals surface area contributed by atoms with Crippen LogP contribution < -0.4 is 0 Å². The molecule has 10 atom stereocenters. The van der Waals surface area contributed by atoms with Crippen LogP contribution in [-0.2, 0) is 14.3 Å². The van der Waals surface area contributed by atoms with E-state index in [4.69, 9.17) is 9.84 Å². The number of esters is 1. The Labute approximate surface area is 199 Å². The molecule has 0 aromatic carbocycles. The first-order valence-corrected chi connectivity index (χ1v) is 13.2. The maximum atomic E-state index is 12.1. The topological polar surface area (TPSA) is 83.8 Å². The predicted molar refractivity (Wildman–Crippen MR) is 127 cm³/mol. The number of aliphatic hydroxyl groups is 1.